The number of carbonyl (C=O) groups is 1. The maximum Gasteiger partial charge on any atom is 0.310 e. The number of benzene rings is 1. The average molecular weight is 271 g/mol. The van der Waals surface area contributed by atoms with Gasteiger partial charge in [-0.3, -0.25) is 9.69 Å². The normalized spacial score (nSPS) is 22.9. The van der Waals surface area contributed by atoms with Crippen molar-refractivity contribution in [3.63, 3.8) is 0 Å². The zero-order chi connectivity index (χ0) is 14.0. The van der Waals surface area contributed by atoms with E-state index in [4.69, 9.17) is 9.84 Å². The molecule has 1 saturated heterocycles. The van der Waals surface area contributed by atoms with Crippen LogP contribution in [0.2, 0.25) is 0 Å². The second-order valence-corrected chi connectivity index (χ2v) is 4.71. The van der Waals surface area contributed by atoms with Gasteiger partial charge in [0.05, 0.1) is 19.1 Å². The van der Waals surface area contributed by atoms with Gasteiger partial charge in [0.1, 0.15) is 0 Å². The van der Waals surface area contributed by atoms with Gasteiger partial charge in [-0.05, 0) is 24.7 Å². The van der Waals surface area contributed by atoms with Gasteiger partial charge < -0.3 is 9.84 Å². The van der Waals surface area contributed by atoms with Gasteiger partial charge in [0.25, 0.3) is 0 Å². The van der Waals surface area contributed by atoms with Gasteiger partial charge in [0.15, 0.2) is 11.6 Å². The van der Waals surface area contributed by atoms with Gasteiger partial charge in [0, 0.05) is 12.6 Å². The molecule has 1 aromatic carbocycles. The van der Waals surface area contributed by atoms with Gasteiger partial charge in [-0.25, -0.2) is 8.78 Å². The molecule has 2 atom stereocenters. The van der Waals surface area contributed by atoms with Crippen molar-refractivity contribution in [2.24, 2.45) is 5.92 Å². The minimum absolute atomic E-state index is 0.183. The first kappa shape index (κ1) is 13.9. The van der Waals surface area contributed by atoms with Crippen LogP contribution in [-0.4, -0.2) is 42.3 Å². The highest BCUT2D eigenvalue weighted by Crippen LogP contribution is 2.21. The largest absolute Gasteiger partial charge is 0.481 e. The molecule has 1 heterocycles. The molecule has 0 saturated carbocycles. The third kappa shape index (κ3) is 3.08. The molecule has 2 unspecified atom stereocenters. The van der Waals surface area contributed by atoms with Crippen LogP contribution in [0.5, 0.6) is 0 Å². The van der Waals surface area contributed by atoms with Crippen LogP contribution >= 0.6 is 0 Å². The summed E-state index contributed by atoms with van der Waals surface area (Å²) in [5.41, 5.74) is 0.595. The fraction of sp³-hybridized carbons (Fsp3) is 0.462. The number of aliphatic carboxylic acids is 1. The molecular formula is C13H15F2NO3. The van der Waals surface area contributed by atoms with E-state index in [0.29, 0.717) is 18.7 Å². The second kappa shape index (κ2) is 5.63. The Morgan fingerprint density at radius 1 is 1.42 bits per heavy atom. The van der Waals surface area contributed by atoms with Crippen LogP contribution in [0.4, 0.5) is 8.78 Å². The Balaban J connectivity index is 2.05. The molecule has 2 rings (SSSR count). The van der Waals surface area contributed by atoms with Crippen molar-refractivity contribution in [1.29, 1.82) is 0 Å². The standard InChI is InChI=1S/C13H15F2NO3/c1-16(12-7-19-6-9(12)13(17)18)5-8-2-3-10(14)11(15)4-8/h2-4,9,12H,5-7H2,1H3,(H,17,18). The lowest BCUT2D eigenvalue weighted by Gasteiger charge is -2.26. The predicted molar refractivity (Wildman–Crippen MR) is 63.6 cm³/mol. The first-order valence-electron chi connectivity index (χ1n) is 5.93. The maximum absolute atomic E-state index is 13.1. The van der Waals surface area contributed by atoms with Gasteiger partial charge in [-0.2, -0.15) is 0 Å². The van der Waals surface area contributed by atoms with Crippen LogP contribution in [0.15, 0.2) is 18.2 Å². The van der Waals surface area contributed by atoms with E-state index in [9.17, 15) is 13.6 Å². The summed E-state index contributed by atoms with van der Waals surface area (Å²) < 4.78 is 31.1. The molecule has 0 radical (unpaired) electrons. The van der Waals surface area contributed by atoms with E-state index in [1.165, 1.54) is 6.07 Å². The average Bonchev–Trinajstić information content (AvgIpc) is 2.83. The molecule has 6 heteroatoms. The number of nitrogens with zero attached hydrogens (tertiary/aromatic N) is 1. The number of halogens is 2. The summed E-state index contributed by atoms with van der Waals surface area (Å²) in [5.74, 6) is -3.28. The van der Waals surface area contributed by atoms with Crippen LogP contribution in [-0.2, 0) is 16.1 Å². The van der Waals surface area contributed by atoms with Gasteiger partial charge in [0.2, 0.25) is 0 Å². The summed E-state index contributed by atoms with van der Waals surface area (Å²) in [6, 6.07) is 3.42. The van der Waals surface area contributed by atoms with Crippen molar-refractivity contribution < 1.29 is 23.4 Å². The molecule has 104 valence electrons. The summed E-state index contributed by atoms with van der Waals surface area (Å²) >= 11 is 0. The van der Waals surface area contributed by atoms with Crippen molar-refractivity contribution in [3.8, 4) is 0 Å². The minimum atomic E-state index is -0.903. The van der Waals surface area contributed by atoms with Crippen LogP contribution in [0.25, 0.3) is 0 Å². The number of likely N-dealkylation sites (N-methyl/N-ethyl adjacent to an activating group) is 1. The topological polar surface area (TPSA) is 49.8 Å². The van der Waals surface area contributed by atoms with Crippen LogP contribution in [0, 0.1) is 17.6 Å². The number of ether oxygens (including phenoxy) is 1. The molecule has 1 aliphatic rings. The van der Waals surface area contributed by atoms with E-state index in [0.717, 1.165) is 12.1 Å². The smallest absolute Gasteiger partial charge is 0.310 e. The summed E-state index contributed by atoms with van der Waals surface area (Å²) in [7, 11) is 1.75. The van der Waals surface area contributed by atoms with Crippen LogP contribution in [0.3, 0.4) is 0 Å². The molecule has 0 amide bonds. The molecule has 0 bridgehead atoms. The number of carboxylic acid groups (broad SMARTS) is 1. The Labute approximate surface area is 109 Å². The minimum Gasteiger partial charge on any atom is -0.481 e. The molecule has 1 aliphatic heterocycles. The van der Waals surface area contributed by atoms with Gasteiger partial charge >= 0.3 is 5.97 Å². The SMILES string of the molecule is CN(Cc1ccc(F)c(F)c1)C1COCC1C(=O)O. The molecule has 4 nitrogen and oxygen atoms in total. The summed E-state index contributed by atoms with van der Waals surface area (Å²) in [6.45, 7) is 0.855. The number of hydrogen-bond donors (Lipinski definition) is 1. The van der Waals surface area contributed by atoms with Crippen molar-refractivity contribution in [1.82, 2.24) is 4.90 Å². The molecule has 1 N–H and O–H groups in total. The Kier molecular flexibility index (Phi) is 4.11. The lowest BCUT2D eigenvalue weighted by Crippen LogP contribution is -2.40. The quantitative estimate of drug-likeness (QED) is 0.901. The third-order valence-electron chi connectivity index (χ3n) is 3.35. The Hall–Kier alpha value is -1.53. The molecule has 1 fully saturated rings. The highest BCUT2D eigenvalue weighted by atomic mass is 19.2. The number of carboxylic acids is 1. The van der Waals surface area contributed by atoms with Crippen molar-refractivity contribution in [2.75, 3.05) is 20.3 Å². The van der Waals surface area contributed by atoms with Crippen LogP contribution in [0.1, 0.15) is 5.56 Å². The first-order chi connectivity index (χ1) is 8.99. The van der Waals surface area contributed by atoms with E-state index >= 15 is 0 Å². The van der Waals surface area contributed by atoms with E-state index in [1.54, 1.807) is 11.9 Å². The zero-order valence-electron chi connectivity index (χ0n) is 10.5. The highest BCUT2D eigenvalue weighted by molar-refractivity contribution is 5.71. The van der Waals surface area contributed by atoms with E-state index in [1.807, 2.05) is 0 Å². The van der Waals surface area contributed by atoms with E-state index < -0.39 is 23.5 Å². The lowest BCUT2D eigenvalue weighted by molar-refractivity contribution is -0.143. The molecule has 0 aromatic heterocycles. The van der Waals surface area contributed by atoms with E-state index in [-0.39, 0.29) is 12.6 Å². The first-order valence-corrected chi connectivity index (χ1v) is 5.93. The summed E-state index contributed by atoms with van der Waals surface area (Å²) in [4.78, 5) is 12.8. The zero-order valence-corrected chi connectivity index (χ0v) is 10.5. The van der Waals surface area contributed by atoms with Crippen molar-refractivity contribution in [3.05, 3.63) is 35.4 Å². The number of rotatable bonds is 4. The predicted octanol–water partition coefficient (Wildman–Crippen LogP) is 1.50. The second-order valence-electron chi connectivity index (χ2n) is 4.71. The lowest BCUT2D eigenvalue weighted by atomic mass is 10.0. The maximum atomic E-state index is 13.1. The van der Waals surface area contributed by atoms with Gasteiger partial charge in [-0.15, -0.1) is 0 Å². The third-order valence-corrected chi connectivity index (χ3v) is 3.35. The molecule has 19 heavy (non-hydrogen) atoms. The van der Waals surface area contributed by atoms with Crippen molar-refractivity contribution >= 4 is 5.97 Å². The molecular weight excluding hydrogens is 256 g/mol. The number of hydrogen-bond acceptors (Lipinski definition) is 3. The van der Waals surface area contributed by atoms with Crippen molar-refractivity contribution in [2.45, 2.75) is 12.6 Å². The monoisotopic (exact) mass is 271 g/mol. The van der Waals surface area contributed by atoms with Gasteiger partial charge in [-0.1, -0.05) is 6.07 Å². The Morgan fingerprint density at radius 2 is 2.16 bits per heavy atom. The highest BCUT2D eigenvalue weighted by Gasteiger charge is 2.36. The fourth-order valence-electron chi connectivity index (χ4n) is 2.26. The summed E-state index contributed by atoms with van der Waals surface area (Å²) in [5, 5.41) is 9.06. The van der Waals surface area contributed by atoms with Crippen LogP contribution < -0.4 is 0 Å². The summed E-state index contributed by atoms with van der Waals surface area (Å²) in [6.07, 6.45) is 0. The fourth-order valence-corrected chi connectivity index (χ4v) is 2.26. The van der Waals surface area contributed by atoms with E-state index in [2.05, 4.69) is 0 Å². The Morgan fingerprint density at radius 3 is 2.79 bits per heavy atom. The Bertz CT molecular complexity index is 481. The molecule has 0 spiro atoms. The molecule has 1 aromatic rings. The molecule has 0 aliphatic carbocycles.